The summed E-state index contributed by atoms with van der Waals surface area (Å²) < 4.78 is 117. The maximum Gasteiger partial charge on any atom is 0.0651 e. The molecule has 11 aromatic carbocycles. The number of hydrogen-bond acceptors (Lipinski definition) is 1. The molecule has 0 radical (unpaired) electrons. The van der Waals surface area contributed by atoms with Gasteiger partial charge in [-0.15, -0.1) is 0 Å². The second-order valence-electron chi connectivity index (χ2n) is 15.1. The van der Waals surface area contributed by atoms with Gasteiger partial charge in [-0.2, -0.15) is 0 Å². The Bertz CT molecular complexity index is 4030. The number of hydrogen-bond donors (Lipinski definition) is 0. The summed E-state index contributed by atoms with van der Waals surface area (Å²) in [5.74, 6) is 0. The van der Waals surface area contributed by atoms with Gasteiger partial charge in [0.1, 0.15) is 0 Å². The van der Waals surface area contributed by atoms with Crippen LogP contribution in [0, 0.1) is 0 Å². The summed E-state index contributed by atoms with van der Waals surface area (Å²) in [6, 6.07) is 50.9. The van der Waals surface area contributed by atoms with E-state index < -0.39 is 89.6 Å². The second-order valence-corrected chi connectivity index (χ2v) is 15.1. The van der Waals surface area contributed by atoms with E-state index in [-0.39, 0.29) is 16.7 Å². The first-order chi connectivity index (χ1) is 36.3. The third-order valence-corrected chi connectivity index (χ3v) is 11.3. The lowest BCUT2D eigenvalue weighted by molar-refractivity contribution is 1.28. The van der Waals surface area contributed by atoms with Gasteiger partial charge in [-0.1, -0.05) is 212 Å². The van der Waals surface area contributed by atoms with Gasteiger partial charge in [0.05, 0.1) is 16.4 Å². The van der Waals surface area contributed by atoms with Gasteiger partial charge in [-0.25, -0.2) is 0 Å². The maximum atomic E-state index is 9.96. The van der Waals surface area contributed by atoms with Crippen molar-refractivity contribution in [1.82, 2.24) is 0 Å². The Kier molecular flexibility index (Phi) is 7.10. The van der Waals surface area contributed by atoms with Crippen LogP contribution in [0.3, 0.4) is 0 Å². The van der Waals surface area contributed by atoms with Crippen molar-refractivity contribution in [3.05, 3.63) is 261 Å². The molecule has 0 atom stereocenters. The van der Waals surface area contributed by atoms with Crippen LogP contribution in [-0.4, -0.2) is 0 Å². The average molecular weight is 814 g/mol. The Hall–Kier alpha value is -8.26. The first-order valence-corrected chi connectivity index (χ1v) is 20.7. The van der Waals surface area contributed by atoms with Crippen LogP contribution in [0.5, 0.6) is 0 Å². The first-order valence-electron chi connectivity index (χ1n) is 26.7. The minimum absolute atomic E-state index is 0.0517. The van der Waals surface area contributed by atoms with Gasteiger partial charge in [0.15, 0.2) is 0 Å². The zero-order valence-electron chi connectivity index (χ0n) is 45.8. The number of benzene rings is 11. The highest BCUT2D eigenvalue weighted by atomic mass is 15.1. The molecule has 0 bridgehead atoms. The van der Waals surface area contributed by atoms with Crippen molar-refractivity contribution in [2.24, 2.45) is 0 Å². The summed E-state index contributed by atoms with van der Waals surface area (Å²) in [5, 5.41) is 3.05. The molecule has 0 N–H and O–H groups in total. The van der Waals surface area contributed by atoms with E-state index in [1.165, 1.54) is 0 Å². The predicted molar refractivity (Wildman–Crippen MR) is 269 cm³/mol. The van der Waals surface area contributed by atoms with Crippen LogP contribution in [0.4, 0.5) is 17.1 Å². The van der Waals surface area contributed by atoms with Crippen molar-refractivity contribution in [2.75, 3.05) is 4.90 Å². The minimum atomic E-state index is -0.735. The molecule has 11 aromatic rings. The van der Waals surface area contributed by atoms with Crippen molar-refractivity contribution in [1.29, 1.82) is 0 Å². The molecule has 1 nitrogen and oxygen atoms in total. The maximum absolute atomic E-state index is 9.96. The fourth-order valence-electron chi connectivity index (χ4n) is 8.20. The van der Waals surface area contributed by atoms with Crippen LogP contribution >= 0.6 is 0 Å². The molecule has 63 heavy (non-hydrogen) atoms. The van der Waals surface area contributed by atoms with Crippen LogP contribution in [0.25, 0.3) is 88.3 Å². The van der Waals surface area contributed by atoms with E-state index in [2.05, 4.69) is 0 Å². The molecule has 0 aromatic heterocycles. The van der Waals surface area contributed by atoms with Crippen LogP contribution in [0.1, 0.15) is 16.4 Å². The van der Waals surface area contributed by atoms with E-state index in [1.807, 2.05) is 164 Å². The highest BCUT2D eigenvalue weighted by molar-refractivity contribution is 6.04. The molecule has 296 valence electrons. The highest BCUT2D eigenvalue weighted by Gasteiger charge is 2.18. The summed E-state index contributed by atoms with van der Waals surface area (Å²) in [4.78, 5) is 0.914. The van der Waals surface area contributed by atoms with E-state index in [4.69, 9.17) is 0 Å². The minimum Gasteiger partial charge on any atom is -0.310 e. The molecule has 0 heterocycles. The zero-order chi connectivity index (χ0) is 52.4. The van der Waals surface area contributed by atoms with Crippen LogP contribution in [0.15, 0.2) is 261 Å². The van der Waals surface area contributed by atoms with E-state index in [1.54, 1.807) is 24.3 Å². The van der Waals surface area contributed by atoms with Gasteiger partial charge in [-0.05, 0) is 137 Å². The molecule has 0 saturated heterocycles. The van der Waals surface area contributed by atoms with Gasteiger partial charge in [0, 0.05) is 17.1 Å². The van der Waals surface area contributed by atoms with E-state index in [9.17, 15) is 16.4 Å². The number of anilines is 3. The van der Waals surface area contributed by atoms with Crippen molar-refractivity contribution >= 4 is 38.6 Å². The fourth-order valence-corrected chi connectivity index (χ4v) is 8.20. The number of rotatable bonds is 9. The molecule has 11 rings (SSSR count). The average Bonchev–Trinajstić information content (AvgIpc) is 3.46. The van der Waals surface area contributed by atoms with E-state index >= 15 is 0 Å². The Morgan fingerprint density at radius 2 is 0.794 bits per heavy atom. The summed E-state index contributed by atoms with van der Waals surface area (Å²) in [5.41, 5.74) is 3.99. The topological polar surface area (TPSA) is 3.24 Å². The first kappa shape index (κ1) is 26.8. The smallest absolute Gasteiger partial charge is 0.0651 e. The SMILES string of the molecule is [2H]c1c([2H])c(-c2ccc3ccccc3c2)c([2H])c(N(c2c([2H])c([2H])c(-c3ccc(-c4ccccc4)c(-c4ccccc4)c3)c([2H])c2[2H])c2c([2H])c([2H])c(-c3c(-c4ccccc4)ccc4ccccc34)c([2H])c2[2H])c1[2H]. The molecular weight excluding hydrogens is 759 g/mol. The highest BCUT2D eigenvalue weighted by Crippen LogP contribution is 2.43. The standard InChI is InChI=1S/C62H43N/c1-4-16-46(17-5-1)58-39-34-54(43-61(58)48-20-8-3-9-21-48)45-29-35-55(36-30-45)63(57-25-14-24-52(42-57)53-28-27-44-15-10-11-23-51(44)41-53)56-37-31-50(32-38-56)62-59-26-13-12-22-49(59)33-40-60(62)47-18-6-2-7-19-47/h1-43H/i14D,24D,25D,29D,30D,31D,32D,35D,36D,37D,38D,42D. The lowest BCUT2D eigenvalue weighted by atomic mass is 9.89. The molecule has 0 aliphatic carbocycles. The van der Waals surface area contributed by atoms with Crippen LogP contribution in [-0.2, 0) is 0 Å². The third kappa shape index (κ3) is 7.47. The number of fused-ring (bicyclic) bond motifs is 2. The van der Waals surface area contributed by atoms with Crippen molar-refractivity contribution in [3.63, 3.8) is 0 Å². The monoisotopic (exact) mass is 813 g/mol. The van der Waals surface area contributed by atoms with E-state index in [0.29, 0.717) is 27.6 Å². The molecule has 0 saturated carbocycles. The van der Waals surface area contributed by atoms with Crippen LogP contribution < -0.4 is 4.90 Å². The largest absolute Gasteiger partial charge is 0.310 e. The summed E-state index contributed by atoms with van der Waals surface area (Å²) in [6.07, 6.45) is 0. The van der Waals surface area contributed by atoms with E-state index in [0.717, 1.165) is 48.9 Å². The molecular formula is C62H43N. The third-order valence-electron chi connectivity index (χ3n) is 11.3. The molecule has 0 aliphatic rings. The quantitative estimate of drug-likeness (QED) is 0.140. The molecule has 0 spiro atoms. The second kappa shape index (κ2) is 16.7. The molecule has 0 fully saturated rings. The van der Waals surface area contributed by atoms with Gasteiger partial charge in [-0.3, -0.25) is 0 Å². The zero-order valence-corrected chi connectivity index (χ0v) is 33.8. The molecule has 0 amide bonds. The van der Waals surface area contributed by atoms with Gasteiger partial charge < -0.3 is 4.90 Å². The fraction of sp³-hybridized carbons (Fsp3) is 0. The normalized spacial score (nSPS) is 13.8. The Labute approximate surface area is 386 Å². The number of nitrogens with zero attached hydrogens (tertiary/aromatic N) is 1. The Balaban J connectivity index is 1.21. The van der Waals surface area contributed by atoms with Crippen LogP contribution in [0.2, 0.25) is 0 Å². The molecule has 0 aliphatic heterocycles. The molecule has 1 heteroatoms. The summed E-state index contributed by atoms with van der Waals surface area (Å²) >= 11 is 0. The van der Waals surface area contributed by atoms with Crippen molar-refractivity contribution in [3.8, 4) is 66.8 Å². The Morgan fingerprint density at radius 1 is 0.286 bits per heavy atom. The summed E-state index contributed by atoms with van der Waals surface area (Å²) in [6.45, 7) is 0. The predicted octanol–water partition coefficient (Wildman–Crippen LogP) is 17.5. The Morgan fingerprint density at radius 3 is 1.48 bits per heavy atom. The van der Waals surface area contributed by atoms with Gasteiger partial charge >= 0.3 is 0 Å². The van der Waals surface area contributed by atoms with Crippen molar-refractivity contribution in [2.45, 2.75) is 0 Å². The van der Waals surface area contributed by atoms with Gasteiger partial charge in [0.25, 0.3) is 0 Å². The van der Waals surface area contributed by atoms with Gasteiger partial charge in [0.2, 0.25) is 0 Å². The lowest BCUT2D eigenvalue weighted by Crippen LogP contribution is -2.10. The lowest BCUT2D eigenvalue weighted by Gasteiger charge is -2.27. The van der Waals surface area contributed by atoms with Crippen molar-refractivity contribution < 1.29 is 16.4 Å². The molecule has 0 unspecified atom stereocenters. The summed E-state index contributed by atoms with van der Waals surface area (Å²) in [7, 11) is 0.